The summed E-state index contributed by atoms with van der Waals surface area (Å²) in [4.78, 5) is 26.9. The molecule has 0 atom stereocenters. The van der Waals surface area contributed by atoms with E-state index in [-0.39, 0.29) is 16.1 Å². The Balaban J connectivity index is 2.18. The predicted molar refractivity (Wildman–Crippen MR) is 78.8 cm³/mol. The molecule has 1 aliphatic rings. The molecule has 1 aliphatic heterocycles. The number of nitro benzene ring substituents is 1. The molecule has 1 fully saturated rings. The van der Waals surface area contributed by atoms with Crippen molar-refractivity contribution in [3.8, 4) is 0 Å². The fraction of sp³-hybridized carbons (Fsp3) is 0.462. The summed E-state index contributed by atoms with van der Waals surface area (Å²) in [5, 5.41) is 10.9. The van der Waals surface area contributed by atoms with E-state index in [1.54, 1.807) is 17.0 Å². The zero-order valence-corrected chi connectivity index (χ0v) is 12.8. The molecule has 0 spiro atoms. The Kier molecular flexibility index (Phi) is 4.72. The zero-order valence-electron chi connectivity index (χ0n) is 11.2. The Hall–Kier alpha value is -1.47. The van der Waals surface area contributed by atoms with E-state index in [0.717, 1.165) is 19.6 Å². The lowest BCUT2D eigenvalue weighted by Crippen LogP contribution is -2.48. The molecule has 2 rings (SSSR count). The third-order valence-corrected chi connectivity index (χ3v) is 4.35. The topological polar surface area (TPSA) is 66.7 Å². The van der Waals surface area contributed by atoms with Crippen LogP contribution in [0.5, 0.6) is 0 Å². The monoisotopic (exact) mass is 341 g/mol. The highest BCUT2D eigenvalue weighted by Gasteiger charge is 2.25. The molecular formula is C13H16BrN3O3. The summed E-state index contributed by atoms with van der Waals surface area (Å²) < 4.78 is 0.257. The van der Waals surface area contributed by atoms with E-state index in [2.05, 4.69) is 27.8 Å². The lowest BCUT2D eigenvalue weighted by atomic mass is 10.1. The van der Waals surface area contributed by atoms with Crippen molar-refractivity contribution in [1.29, 1.82) is 0 Å². The minimum atomic E-state index is -0.490. The molecule has 1 saturated heterocycles. The lowest BCUT2D eigenvalue weighted by molar-refractivity contribution is -0.385. The van der Waals surface area contributed by atoms with Crippen LogP contribution in [0.25, 0.3) is 0 Å². The van der Waals surface area contributed by atoms with Crippen LogP contribution < -0.4 is 0 Å². The lowest BCUT2D eigenvalue weighted by Gasteiger charge is -2.34. The Morgan fingerprint density at radius 2 is 2.00 bits per heavy atom. The van der Waals surface area contributed by atoms with Crippen molar-refractivity contribution in [2.75, 3.05) is 32.7 Å². The number of hydrogen-bond acceptors (Lipinski definition) is 4. The van der Waals surface area contributed by atoms with Gasteiger partial charge in [-0.1, -0.05) is 13.0 Å². The van der Waals surface area contributed by atoms with Crippen LogP contribution in [0.3, 0.4) is 0 Å². The second-order valence-electron chi connectivity index (χ2n) is 4.62. The Bertz CT molecular complexity index is 528. The summed E-state index contributed by atoms with van der Waals surface area (Å²) in [5.41, 5.74) is 0.271. The molecular weight excluding hydrogens is 326 g/mol. The van der Waals surface area contributed by atoms with E-state index in [9.17, 15) is 14.9 Å². The molecule has 1 amide bonds. The van der Waals surface area contributed by atoms with Crippen LogP contribution in [0.2, 0.25) is 0 Å². The smallest absolute Gasteiger partial charge is 0.284 e. The Labute approximate surface area is 125 Å². The van der Waals surface area contributed by atoms with Crippen LogP contribution in [0.4, 0.5) is 5.69 Å². The minimum absolute atomic E-state index is 0.0805. The van der Waals surface area contributed by atoms with E-state index in [1.165, 1.54) is 6.07 Å². The van der Waals surface area contributed by atoms with Gasteiger partial charge in [-0.25, -0.2) is 0 Å². The van der Waals surface area contributed by atoms with Crippen molar-refractivity contribution < 1.29 is 9.72 Å². The highest BCUT2D eigenvalue weighted by Crippen LogP contribution is 2.29. The van der Waals surface area contributed by atoms with E-state index >= 15 is 0 Å². The van der Waals surface area contributed by atoms with Crippen LogP contribution in [-0.2, 0) is 0 Å². The number of amides is 1. The SMILES string of the molecule is CCN1CCN(C(=O)c2cccc([N+](=O)[O-])c2Br)CC1. The molecule has 0 radical (unpaired) electrons. The number of benzene rings is 1. The summed E-state index contributed by atoms with van der Waals surface area (Å²) in [6.07, 6.45) is 0. The Morgan fingerprint density at radius 1 is 1.35 bits per heavy atom. The number of carbonyl (C=O) groups is 1. The quantitative estimate of drug-likeness (QED) is 0.624. The van der Waals surface area contributed by atoms with Crippen LogP contribution in [-0.4, -0.2) is 53.4 Å². The van der Waals surface area contributed by atoms with Crippen molar-refractivity contribution in [3.05, 3.63) is 38.3 Å². The highest BCUT2D eigenvalue weighted by molar-refractivity contribution is 9.10. The van der Waals surface area contributed by atoms with E-state index < -0.39 is 4.92 Å². The third kappa shape index (κ3) is 2.99. The summed E-state index contributed by atoms with van der Waals surface area (Å²) in [6.45, 7) is 6.06. The van der Waals surface area contributed by atoms with Gasteiger partial charge in [0.1, 0.15) is 4.47 Å². The number of nitrogens with zero attached hydrogens (tertiary/aromatic N) is 3. The predicted octanol–water partition coefficient (Wildman–Crippen LogP) is 2.13. The van der Waals surface area contributed by atoms with Gasteiger partial charge in [-0.2, -0.15) is 0 Å². The normalized spacial score (nSPS) is 16.2. The largest absolute Gasteiger partial charge is 0.336 e. The third-order valence-electron chi connectivity index (χ3n) is 3.51. The van der Waals surface area contributed by atoms with Crippen molar-refractivity contribution in [1.82, 2.24) is 9.80 Å². The fourth-order valence-electron chi connectivity index (χ4n) is 2.26. The number of hydrogen-bond donors (Lipinski definition) is 0. The fourth-order valence-corrected chi connectivity index (χ4v) is 2.84. The van der Waals surface area contributed by atoms with Gasteiger partial charge in [0.2, 0.25) is 0 Å². The maximum Gasteiger partial charge on any atom is 0.284 e. The average Bonchev–Trinajstić information content (AvgIpc) is 2.46. The molecule has 108 valence electrons. The summed E-state index contributed by atoms with van der Waals surface area (Å²) >= 11 is 3.18. The molecule has 20 heavy (non-hydrogen) atoms. The average molecular weight is 342 g/mol. The molecule has 0 bridgehead atoms. The molecule has 1 heterocycles. The molecule has 0 unspecified atom stereocenters. The number of halogens is 1. The van der Waals surface area contributed by atoms with Gasteiger partial charge >= 0.3 is 0 Å². The molecule has 0 aromatic heterocycles. The van der Waals surface area contributed by atoms with Crippen molar-refractivity contribution in [2.24, 2.45) is 0 Å². The van der Waals surface area contributed by atoms with Gasteiger partial charge in [-0.3, -0.25) is 14.9 Å². The maximum absolute atomic E-state index is 12.4. The van der Waals surface area contributed by atoms with Gasteiger partial charge in [0.05, 0.1) is 10.5 Å². The van der Waals surface area contributed by atoms with Crippen LogP contribution in [0.1, 0.15) is 17.3 Å². The van der Waals surface area contributed by atoms with E-state index in [0.29, 0.717) is 18.7 Å². The van der Waals surface area contributed by atoms with Crippen LogP contribution >= 0.6 is 15.9 Å². The number of rotatable bonds is 3. The summed E-state index contributed by atoms with van der Waals surface area (Å²) in [5.74, 6) is -0.156. The van der Waals surface area contributed by atoms with Gasteiger partial charge in [-0.15, -0.1) is 0 Å². The standard InChI is InChI=1S/C13H16BrN3O3/c1-2-15-6-8-16(9-7-15)13(18)10-4-3-5-11(12(10)14)17(19)20/h3-5H,2,6-9H2,1H3. The van der Waals surface area contributed by atoms with Crippen molar-refractivity contribution >= 4 is 27.5 Å². The molecule has 1 aromatic carbocycles. The first-order chi connectivity index (χ1) is 9.54. The van der Waals surface area contributed by atoms with E-state index in [4.69, 9.17) is 0 Å². The second kappa shape index (κ2) is 6.32. The van der Waals surface area contributed by atoms with Crippen molar-refractivity contribution in [3.63, 3.8) is 0 Å². The van der Waals surface area contributed by atoms with Gasteiger partial charge in [0, 0.05) is 32.2 Å². The zero-order chi connectivity index (χ0) is 14.7. The van der Waals surface area contributed by atoms with Crippen LogP contribution in [0, 0.1) is 10.1 Å². The molecule has 6 nitrogen and oxygen atoms in total. The molecule has 0 N–H and O–H groups in total. The Morgan fingerprint density at radius 3 is 2.55 bits per heavy atom. The van der Waals surface area contributed by atoms with Gasteiger partial charge in [-0.05, 0) is 28.5 Å². The van der Waals surface area contributed by atoms with Gasteiger partial charge in [0.15, 0.2) is 0 Å². The van der Waals surface area contributed by atoms with Gasteiger partial charge < -0.3 is 9.80 Å². The number of piperazine rings is 1. The van der Waals surface area contributed by atoms with E-state index in [1.807, 2.05) is 0 Å². The minimum Gasteiger partial charge on any atom is -0.336 e. The first-order valence-electron chi connectivity index (χ1n) is 6.49. The van der Waals surface area contributed by atoms with Gasteiger partial charge in [0.25, 0.3) is 11.6 Å². The molecule has 0 aliphatic carbocycles. The first kappa shape index (κ1) is 14.9. The number of carbonyl (C=O) groups excluding carboxylic acids is 1. The second-order valence-corrected chi connectivity index (χ2v) is 5.42. The van der Waals surface area contributed by atoms with Crippen molar-refractivity contribution in [2.45, 2.75) is 6.92 Å². The molecule has 0 saturated carbocycles. The highest BCUT2D eigenvalue weighted by atomic mass is 79.9. The molecule has 7 heteroatoms. The first-order valence-corrected chi connectivity index (χ1v) is 7.28. The maximum atomic E-state index is 12.4. The summed E-state index contributed by atoms with van der Waals surface area (Å²) in [6, 6.07) is 4.54. The number of nitro groups is 1. The summed E-state index contributed by atoms with van der Waals surface area (Å²) in [7, 11) is 0. The molecule has 1 aromatic rings. The van der Waals surface area contributed by atoms with Crippen LogP contribution in [0.15, 0.2) is 22.7 Å². The number of likely N-dealkylation sites (N-methyl/N-ethyl adjacent to an activating group) is 1.